The van der Waals surface area contributed by atoms with Gasteiger partial charge in [0.1, 0.15) is 0 Å². The molecule has 0 aromatic carbocycles. The largest absolute Gasteiger partial charge is 0.353 e. The molecule has 2 heterocycles. The van der Waals surface area contributed by atoms with Crippen molar-refractivity contribution in [3.63, 3.8) is 0 Å². The van der Waals surface area contributed by atoms with Gasteiger partial charge in [-0.3, -0.25) is 4.98 Å². The van der Waals surface area contributed by atoms with Crippen LogP contribution in [-0.2, 0) is 0 Å². The van der Waals surface area contributed by atoms with Crippen LogP contribution in [0.1, 0.15) is 44.2 Å². The summed E-state index contributed by atoms with van der Waals surface area (Å²) in [7, 11) is 0. The fraction of sp³-hybridized carbons (Fsp3) is 0.467. The molecule has 1 aliphatic carbocycles. The highest BCUT2D eigenvalue weighted by molar-refractivity contribution is 5.31. The van der Waals surface area contributed by atoms with E-state index in [1.165, 1.54) is 31.2 Å². The second-order valence-corrected chi connectivity index (χ2v) is 5.25. The van der Waals surface area contributed by atoms with Crippen LogP contribution in [0.15, 0.2) is 36.9 Å². The third-order valence-corrected chi connectivity index (χ3v) is 3.94. The lowest BCUT2D eigenvalue weighted by molar-refractivity contribution is 0.628. The highest BCUT2D eigenvalue weighted by atomic mass is 15.2. The van der Waals surface area contributed by atoms with E-state index in [1.807, 2.05) is 30.9 Å². The molecule has 0 radical (unpaired) electrons. The van der Waals surface area contributed by atoms with E-state index >= 15 is 0 Å². The standard InChI is InChI=1S/C15H20N4/c1-12(13-5-4-8-16-11-13)19-10-9-17-15(19)18-14-6-2-3-7-14/h4-5,8-12,14H,2-3,6-7H2,1H3,(H,17,18). The van der Waals surface area contributed by atoms with Gasteiger partial charge >= 0.3 is 0 Å². The van der Waals surface area contributed by atoms with Gasteiger partial charge in [-0.15, -0.1) is 0 Å². The fourth-order valence-corrected chi connectivity index (χ4v) is 2.77. The first-order chi connectivity index (χ1) is 9.34. The van der Waals surface area contributed by atoms with E-state index in [1.54, 1.807) is 0 Å². The number of rotatable bonds is 4. The van der Waals surface area contributed by atoms with Crippen molar-refractivity contribution in [2.45, 2.75) is 44.7 Å². The minimum atomic E-state index is 0.250. The minimum absolute atomic E-state index is 0.250. The molecule has 0 saturated heterocycles. The van der Waals surface area contributed by atoms with Crippen molar-refractivity contribution < 1.29 is 0 Å². The summed E-state index contributed by atoms with van der Waals surface area (Å²) in [5.74, 6) is 0.975. The van der Waals surface area contributed by atoms with Gasteiger partial charge in [-0.1, -0.05) is 18.9 Å². The van der Waals surface area contributed by atoms with E-state index in [9.17, 15) is 0 Å². The SMILES string of the molecule is CC(c1cccnc1)n1ccnc1NC1CCCC1. The molecule has 0 aliphatic heterocycles. The first kappa shape index (κ1) is 12.2. The zero-order valence-corrected chi connectivity index (χ0v) is 11.3. The first-order valence-electron chi connectivity index (χ1n) is 7.04. The van der Waals surface area contributed by atoms with Crippen LogP contribution in [0.25, 0.3) is 0 Å². The van der Waals surface area contributed by atoms with Crippen LogP contribution in [0.3, 0.4) is 0 Å². The Morgan fingerprint density at radius 1 is 1.32 bits per heavy atom. The summed E-state index contributed by atoms with van der Waals surface area (Å²) in [4.78, 5) is 8.65. The third-order valence-electron chi connectivity index (χ3n) is 3.94. The molecule has 19 heavy (non-hydrogen) atoms. The Morgan fingerprint density at radius 2 is 2.16 bits per heavy atom. The summed E-state index contributed by atoms with van der Waals surface area (Å²) in [5.41, 5.74) is 1.20. The summed E-state index contributed by atoms with van der Waals surface area (Å²) in [6, 6.07) is 4.92. The topological polar surface area (TPSA) is 42.7 Å². The van der Waals surface area contributed by atoms with E-state index in [4.69, 9.17) is 0 Å². The van der Waals surface area contributed by atoms with Crippen LogP contribution in [0.2, 0.25) is 0 Å². The van der Waals surface area contributed by atoms with Gasteiger partial charge in [0, 0.05) is 30.8 Å². The van der Waals surface area contributed by atoms with Crippen molar-refractivity contribution in [1.29, 1.82) is 0 Å². The van der Waals surface area contributed by atoms with Crippen molar-refractivity contribution in [3.8, 4) is 0 Å². The number of hydrogen-bond acceptors (Lipinski definition) is 3. The number of anilines is 1. The Labute approximate surface area is 113 Å². The van der Waals surface area contributed by atoms with Gasteiger partial charge in [0.2, 0.25) is 5.95 Å². The molecule has 1 aliphatic rings. The Bertz CT molecular complexity index is 514. The number of pyridine rings is 1. The maximum absolute atomic E-state index is 4.46. The van der Waals surface area contributed by atoms with Gasteiger partial charge in [-0.25, -0.2) is 4.98 Å². The molecule has 2 aromatic heterocycles. The minimum Gasteiger partial charge on any atom is -0.353 e. The van der Waals surface area contributed by atoms with Crippen molar-refractivity contribution in [2.24, 2.45) is 0 Å². The van der Waals surface area contributed by atoms with Gasteiger partial charge in [-0.2, -0.15) is 0 Å². The number of imidazole rings is 1. The molecule has 2 aromatic rings. The second kappa shape index (κ2) is 5.43. The van der Waals surface area contributed by atoms with Crippen LogP contribution >= 0.6 is 0 Å². The Morgan fingerprint density at radius 3 is 2.89 bits per heavy atom. The van der Waals surface area contributed by atoms with Crippen molar-refractivity contribution >= 4 is 5.95 Å². The van der Waals surface area contributed by atoms with Gasteiger partial charge in [-0.05, 0) is 31.4 Å². The van der Waals surface area contributed by atoms with Gasteiger partial charge in [0.15, 0.2) is 0 Å². The van der Waals surface area contributed by atoms with Crippen LogP contribution in [0, 0.1) is 0 Å². The monoisotopic (exact) mass is 256 g/mol. The lowest BCUT2D eigenvalue weighted by atomic mass is 10.1. The van der Waals surface area contributed by atoms with Crippen molar-refractivity contribution in [2.75, 3.05) is 5.32 Å². The van der Waals surface area contributed by atoms with Crippen LogP contribution < -0.4 is 5.32 Å². The second-order valence-electron chi connectivity index (χ2n) is 5.25. The van der Waals surface area contributed by atoms with Gasteiger partial charge in [0.05, 0.1) is 6.04 Å². The Kier molecular flexibility index (Phi) is 3.49. The zero-order chi connectivity index (χ0) is 13.1. The lowest BCUT2D eigenvalue weighted by Crippen LogP contribution is -2.19. The molecule has 1 unspecified atom stereocenters. The molecule has 1 fully saturated rings. The quantitative estimate of drug-likeness (QED) is 0.913. The molecular formula is C15H20N4. The van der Waals surface area contributed by atoms with Crippen LogP contribution in [-0.4, -0.2) is 20.6 Å². The number of hydrogen-bond donors (Lipinski definition) is 1. The predicted octanol–water partition coefficient (Wildman–Crippen LogP) is 3.24. The molecule has 3 rings (SSSR count). The summed E-state index contributed by atoms with van der Waals surface area (Å²) in [6.45, 7) is 2.18. The van der Waals surface area contributed by atoms with E-state index < -0.39 is 0 Å². The molecule has 100 valence electrons. The van der Waals surface area contributed by atoms with Crippen LogP contribution in [0.5, 0.6) is 0 Å². The highest BCUT2D eigenvalue weighted by Gasteiger charge is 2.18. The Balaban J connectivity index is 1.79. The summed E-state index contributed by atoms with van der Waals surface area (Å²) in [5, 5.41) is 3.57. The van der Waals surface area contributed by atoms with Crippen molar-refractivity contribution in [3.05, 3.63) is 42.5 Å². The molecule has 0 bridgehead atoms. The molecular weight excluding hydrogens is 236 g/mol. The van der Waals surface area contributed by atoms with Crippen LogP contribution in [0.4, 0.5) is 5.95 Å². The summed E-state index contributed by atoms with van der Waals surface area (Å²) in [6.07, 6.45) is 12.8. The normalized spacial score (nSPS) is 17.5. The molecule has 1 atom stereocenters. The average Bonchev–Trinajstić information content (AvgIpc) is 3.11. The molecule has 4 heteroatoms. The van der Waals surface area contributed by atoms with Gasteiger partial charge < -0.3 is 9.88 Å². The average molecular weight is 256 g/mol. The number of nitrogens with one attached hydrogen (secondary N) is 1. The predicted molar refractivity (Wildman–Crippen MR) is 76.2 cm³/mol. The maximum Gasteiger partial charge on any atom is 0.203 e. The highest BCUT2D eigenvalue weighted by Crippen LogP contribution is 2.25. The molecule has 1 saturated carbocycles. The lowest BCUT2D eigenvalue weighted by Gasteiger charge is -2.19. The van der Waals surface area contributed by atoms with E-state index in [-0.39, 0.29) is 6.04 Å². The van der Waals surface area contributed by atoms with E-state index in [2.05, 4.69) is 32.8 Å². The smallest absolute Gasteiger partial charge is 0.203 e. The van der Waals surface area contributed by atoms with Crippen molar-refractivity contribution in [1.82, 2.24) is 14.5 Å². The molecule has 0 amide bonds. The molecule has 0 spiro atoms. The first-order valence-corrected chi connectivity index (χ1v) is 7.04. The maximum atomic E-state index is 4.46. The Hall–Kier alpha value is -1.84. The van der Waals surface area contributed by atoms with E-state index in [0.717, 1.165) is 5.95 Å². The molecule has 4 nitrogen and oxygen atoms in total. The van der Waals surface area contributed by atoms with Gasteiger partial charge in [0.25, 0.3) is 0 Å². The number of nitrogens with zero attached hydrogens (tertiary/aromatic N) is 3. The zero-order valence-electron chi connectivity index (χ0n) is 11.3. The summed E-state index contributed by atoms with van der Waals surface area (Å²) < 4.78 is 2.19. The third kappa shape index (κ3) is 2.62. The molecule has 1 N–H and O–H groups in total. The fourth-order valence-electron chi connectivity index (χ4n) is 2.77. The summed E-state index contributed by atoms with van der Waals surface area (Å²) >= 11 is 0. The van der Waals surface area contributed by atoms with E-state index in [0.29, 0.717) is 6.04 Å². The number of aromatic nitrogens is 3.